The number of aromatic nitrogens is 1. The third kappa shape index (κ3) is 4.07. The second-order valence-electron chi connectivity index (χ2n) is 5.32. The van der Waals surface area contributed by atoms with Crippen molar-refractivity contribution in [1.29, 1.82) is 0 Å². The number of thiazole rings is 1. The summed E-state index contributed by atoms with van der Waals surface area (Å²) in [5, 5.41) is 3.03. The van der Waals surface area contributed by atoms with Crippen LogP contribution in [0.3, 0.4) is 0 Å². The first kappa shape index (κ1) is 17.6. The van der Waals surface area contributed by atoms with Gasteiger partial charge in [-0.2, -0.15) is 0 Å². The van der Waals surface area contributed by atoms with Crippen LogP contribution in [0.2, 0.25) is 0 Å². The Kier molecular flexibility index (Phi) is 5.28. The van der Waals surface area contributed by atoms with E-state index >= 15 is 0 Å². The van der Waals surface area contributed by atoms with Gasteiger partial charge >= 0.3 is 5.97 Å². The zero-order chi connectivity index (χ0) is 18.5. The number of para-hydroxylation sites is 1. The minimum Gasteiger partial charge on any atom is -0.465 e. The van der Waals surface area contributed by atoms with Crippen LogP contribution in [0.25, 0.3) is 0 Å². The summed E-state index contributed by atoms with van der Waals surface area (Å²) < 4.78 is 10.4. The highest BCUT2D eigenvalue weighted by atomic mass is 32.1. The van der Waals surface area contributed by atoms with Crippen LogP contribution >= 0.6 is 11.3 Å². The van der Waals surface area contributed by atoms with Gasteiger partial charge in [0, 0.05) is 5.56 Å². The van der Waals surface area contributed by atoms with E-state index in [-0.39, 0.29) is 5.91 Å². The molecule has 6 nitrogen and oxygen atoms in total. The normalized spacial score (nSPS) is 10.2. The topological polar surface area (TPSA) is 77.5 Å². The van der Waals surface area contributed by atoms with Crippen molar-refractivity contribution in [3.63, 3.8) is 0 Å². The number of nitrogens with zero attached hydrogens (tertiary/aromatic N) is 1. The van der Waals surface area contributed by atoms with Gasteiger partial charge in [-0.3, -0.25) is 10.1 Å². The van der Waals surface area contributed by atoms with Gasteiger partial charge in [-0.05, 0) is 43.3 Å². The van der Waals surface area contributed by atoms with Gasteiger partial charge in [0.2, 0.25) is 0 Å². The molecule has 0 saturated heterocycles. The molecular formula is C19H16N2O4S. The molecule has 0 aliphatic carbocycles. The smallest absolute Gasteiger partial charge is 0.350 e. The van der Waals surface area contributed by atoms with Gasteiger partial charge in [0.05, 0.1) is 12.8 Å². The van der Waals surface area contributed by atoms with Gasteiger partial charge in [0.15, 0.2) is 5.13 Å². The van der Waals surface area contributed by atoms with Gasteiger partial charge in [-0.15, -0.1) is 0 Å². The first-order chi connectivity index (χ1) is 12.6. The maximum absolute atomic E-state index is 12.3. The number of benzene rings is 2. The van der Waals surface area contributed by atoms with E-state index in [4.69, 9.17) is 4.74 Å². The van der Waals surface area contributed by atoms with Gasteiger partial charge in [0.1, 0.15) is 16.4 Å². The molecule has 0 bridgehead atoms. The van der Waals surface area contributed by atoms with E-state index < -0.39 is 5.97 Å². The van der Waals surface area contributed by atoms with E-state index in [0.717, 1.165) is 17.1 Å². The van der Waals surface area contributed by atoms with E-state index in [9.17, 15) is 9.59 Å². The molecule has 0 aliphatic heterocycles. The fourth-order valence-electron chi connectivity index (χ4n) is 2.20. The molecule has 0 fully saturated rings. The van der Waals surface area contributed by atoms with Crippen molar-refractivity contribution in [2.24, 2.45) is 0 Å². The molecule has 26 heavy (non-hydrogen) atoms. The highest BCUT2D eigenvalue weighted by molar-refractivity contribution is 7.17. The molecule has 1 aromatic heterocycles. The van der Waals surface area contributed by atoms with Crippen molar-refractivity contribution in [1.82, 2.24) is 4.98 Å². The second-order valence-corrected chi connectivity index (χ2v) is 6.32. The zero-order valence-corrected chi connectivity index (χ0v) is 15.0. The highest BCUT2D eigenvalue weighted by Crippen LogP contribution is 2.25. The molecule has 7 heteroatoms. The number of anilines is 1. The van der Waals surface area contributed by atoms with Gasteiger partial charge in [-0.25, -0.2) is 9.78 Å². The van der Waals surface area contributed by atoms with Gasteiger partial charge in [0.25, 0.3) is 5.91 Å². The largest absolute Gasteiger partial charge is 0.465 e. The van der Waals surface area contributed by atoms with Crippen molar-refractivity contribution in [3.05, 3.63) is 70.7 Å². The van der Waals surface area contributed by atoms with E-state index in [2.05, 4.69) is 15.0 Å². The molecule has 0 saturated carbocycles. The lowest BCUT2D eigenvalue weighted by atomic mass is 10.2. The quantitative estimate of drug-likeness (QED) is 0.680. The van der Waals surface area contributed by atoms with E-state index in [1.165, 1.54) is 7.11 Å². The molecule has 3 aromatic rings. The average molecular weight is 368 g/mol. The molecule has 0 radical (unpaired) electrons. The standard InChI is InChI=1S/C19H16N2O4S/c1-12-16(18(23)24-2)26-19(20-12)21-17(22)13-8-10-15(11-9-13)25-14-6-4-3-5-7-14/h3-11H,1-2H3,(H,20,21,22). The Morgan fingerprint density at radius 3 is 2.31 bits per heavy atom. The van der Waals surface area contributed by atoms with E-state index in [0.29, 0.717) is 27.0 Å². The van der Waals surface area contributed by atoms with Crippen molar-refractivity contribution in [2.45, 2.75) is 6.92 Å². The lowest BCUT2D eigenvalue weighted by Gasteiger charge is -2.06. The molecular weight excluding hydrogens is 352 g/mol. The van der Waals surface area contributed by atoms with Crippen molar-refractivity contribution in [2.75, 3.05) is 12.4 Å². The van der Waals surface area contributed by atoms with Crippen LogP contribution in [0.1, 0.15) is 25.7 Å². The first-order valence-corrected chi connectivity index (χ1v) is 8.58. The monoisotopic (exact) mass is 368 g/mol. The third-order valence-corrected chi connectivity index (χ3v) is 4.54. The number of hydrogen-bond donors (Lipinski definition) is 1. The number of ether oxygens (including phenoxy) is 2. The fraction of sp³-hybridized carbons (Fsp3) is 0.105. The SMILES string of the molecule is COC(=O)c1sc(NC(=O)c2ccc(Oc3ccccc3)cc2)nc1C. The Bertz CT molecular complexity index is 920. The summed E-state index contributed by atoms with van der Waals surface area (Å²) in [6, 6.07) is 16.1. The van der Waals surface area contributed by atoms with E-state index in [1.807, 2.05) is 30.3 Å². The Balaban J connectivity index is 1.68. The second kappa shape index (κ2) is 7.79. The number of esters is 1. The number of carbonyl (C=O) groups excluding carboxylic acids is 2. The lowest BCUT2D eigenvalue weighted by Crippen LogP contribution is -2.11. The molecule has 0 aliphatic rings. The Morgan fingerprint density at radius 1 is 1.00 bits per heavy atom. The molecule has 1 amide bonds. The van der Waals surface area contributed by atoms with Gasteiger partial charge in [-0.1, -0.05) is 29.5 Å². The maximum Gasteiger partial charge on any atom is 0.350 e. The minimum atomic E-state index is -0.470. The predicted molar refractivity (Wildman–Crippen MR) is 99.1 cm³/mol. The summed E-state index contributed by atoms with van der Waals surface area (Å²) in [4.78, 5) is 28.5. The van der Waals surface area contributed by atoms with Crippen molar-refractivity contribution >= 4 is 28.3 Å². The summed E-state index contributed by atoms with van der Waals surface area (Å²) in [6.45, 7) is 1.69. The summed E-state index contributed by atoms with van der Waals surface area (Å²) >= 11 is 1.08. The lowest BCUT2D eigenvalue weighted by molar-refractivity contribution is 0.0605. The Hall–Kier alpha value is -3.19. The van der Waals surface area contributed by atoms with Crippen molar-refractivity contribution < 1.29 is 19.1 Å². The molecule has 0 spiro atoms. The van der Waals surface area contributed by atoms with Crippen LogP contribution in [0, 0.1) is 6.92 Å². The minimum absolute atomic E-state index is 0.318. The summed E-state index contributed by atoms with van der Waals surface area (Å²) in [6.07, 6.45) is 0. The number of carbonyl (C=O) groups is 2. The van der Waals surface area contributed by atoms with Crippen molar-refractivity contribution in [3.8, 4) is 11.5 Å². The Labute approximate surface area is 154 Å². The molecule has 0 atom stereocenters. The number of rotatable bonds is 5. The summed E-state index contributed by atoms with van der Waals surface area (Å²) in [5.74, 6) is 0.563. The molecule has 1 N–H and O–H groups in total. The maximum atomic E-state index is 12.3. The number of aryl methyl sites for hydroxylation is 1. The van der Waals surface area contributed by atoms with Crippen LogP contribution in [0.5, 0.6) is 11.5 Å². The van der Waals surface area contributed by atoms with Crippen LogP contribution in [0.4, 0.5) is 5.13 Å². The first-order valence-electron chi connectivity index (χ1n) is 7.77. The third-order valence-electron chi connectivity index (χ3n) is 3.48. The molecule has 0 unspecified atom stereocenters. The number of methoxy groups -OCH3 is 1. The molecule has 3 rings (SSSR count). The summed E-state index contributed by atoms with van der Waals surface area (Å²) in [7, 11) is 1.30. The predicted octanol–water partition coefficient (Wildman–Crippen LogP) is 4.28. The fourth-order valence-corrected chi connectivity index (χ4v) is 3.08. The molecule has 132 valence electrons. The average Bonchev–Trinajstić information content (AvgIpc) is 3.02. The van der Waals surface area contributed by atoms with Gasteiger partial charge < -0.3 is 9.47 Å². The van der Waals surface area contributed by atoms with Crippen LogP contribution in [-0.4, -0.2) is 24.0 Å². The number of hydrogen-bond acceptors (Lipinski definition) is 6. The molecule has 1 heterocycles. The summed E-state index contributed by atoms with van der Waals surface area (Å²) in [5.41, 5.74) is 0.974. The van der Waals surface area contributed by atoms with Crippen LogP contribution in [-0.2, 0) is 4.74 Å². The number of nitrogens with one attached hydrogen (secondary N) is 1. The van der Waals surface area contributed by atoms with Crippen LogP contribution < -0.4 is 10.1 Å². The highest BCUT2D eigenvalue weighted by Gasteiger charge is 2.17. The Morgan fingerprint density at radius 2 is 1.65 bits per heavy atom. The zero-order valence-electron chi connectivity index (χ0n) is 14.2. The number of amides is 1. The molecule has 2 aromatic carbocycles. The van der Waals surface area contributed by atoms with E-state index in [1.54, 1.807) is 31.2 Å². The van der Waals surface area contributed by atoms with Crippen LogP contribution in [0.15, 0.2) is 54.6 Å².